The molecular formula is C18H31NO2S. The normalized spacial score (nSPS) is 14.8. The van der Waals surface area contributed by atoms with Gasteiger partial charge >= 0.3 is 0 Å². The monoisotopic (exact) mass is 325 g/mol. The lowest BCUT2D eigenvalue weighted by Crippen LogP contribution is -2.37. The third-order valence-corrected chi connectivity index (χ3v) is 5.10. The lowest BCUT2D eigenvalue weighted by molar-refractivity contribution is -0.131. The average Bonchev–Trinajstić information content (AvgIpc) is 2.56. The van der Waals surface area contributed by atoms with Gasteiger partial charge in [-0.05, 0) is 18.9 Å². The molecule has 0 bridgehead atoms. The number of rotatable bonds is 12. The molecule has 1 fully saturated rings. The van der Waals surface area contributed by atoms with Crippen LogP contribution in [0.15, 0.2) is 12.7 Å². The van der Waals surface area contributed by atoms with Crippen LogP contribution in [-0.2, 0) is 9.59 Å². The Morgan fingerprint density at radius 2 is 1.36 bits per heavy atom. The first kappa shape index (κ1) is 19.3. The van der Waals surface area contributed by atoms with Crippen molar-refractivity contribution < 1.29 is 9.59 Å². The van der Waals surface area contributed by atoms with Crippen molar-refractivity contribution in [1.82, 2.24) is 4.90 Å². The number of hydrogen-bond donors (Lipinski definition) is 0. The fourth-order valence-corrected chi connectivity index (χ4v) is 3.61. The summed E-state index contributed by atoms with van der Waals surface area (Å²) >= 11 is 1.94. The summed E-state index contributed by atoms with van der Waals surface area (Å²) in [5.74, 6) is 2.72. The van der Waals surface area contributed by atoms with E-state index in [9.17, 15) is 9.59 Å². The van der Waals surface area contributed by atoms with Gasteiger partial charge in [-0.15, -0.1) is 0 Å². The number of carbonyl (C=O) groups excluding carboxylic acids is 2. The quantitative estimate of drug-likeness (QED) is 0.398. The molecule has 1 heterocycles. The van der Waals surface area contributed by atoms with Crippen LogP contribution < -0.4 is 0 Å². The Morgan fingerprint density at radius 3 is 1.91 bits per heavy atom. The van der Waals surface area contributed by atoms with Crippen molar-refractivity contribution in [2.24, 2.45) is 0 Å². The molecule has 0 atom stereocenters. The first-order chi connectivity index (χ1) is 10.7. The van der Waals surface area contributed by atoms with E-state index in [4.69, 9.17) is 0 Å². The minimum atomic E-state index is 0.164. The summed E-state index contributed by atoms with van der Waals surface area (Å²) in [7, 11) is 0. The number of amides is 1. The predicted molar refractivity (Wildman–Crippen MR) is 95.3 cm³/mol. The van der Waals surface area contributed by atoms with Crippen molar-refractivity contribution in [3.8, 4) is 0 Å². The van der Waals surface area contributed by atoms with Crippen molar-refractivity contribution >= 4 is 23.5 Å². The molecule has 0 unspecified atom stereocenters. The Labute approximate surface area is 139 Å². The Bertz CT molecular complexity index is 338. The van der Waals surface area contributed by atoms with Crippen LogP contribution in [0.1, 0.15) is 64.2 Å². The maximum Gasteiger partial charge on any atom is 0.222 e. The van der Waals surface area contributed by atoms with Crippen LogP contribution in [0.2, 0.25) is 0 Å². The fraction of sp³-hybridized carbons (Fsp3) is 0.778. The molecule has 0 spiro atoms. The molecule has 0 aromatic heterocycles. The van der Waals surface area contributed by atoms with E-state index < -0.39 is 0 Å². The molecule has 126 valence electrons. The number of allylic oxidation sites excluding steroid dienone is 1. The summed E-state index contributed by atoms with van der Waals surface area (Å²) in [5, 5.41) is 0. The van der Waals surface area contributed by atoms with Gasteiger partial charge < -0.3 is 4.90 Å². The highest BCUT2D eigenvalue weighted by atomic mass is 32.2. The highest BCUT2D eigenvalue weighted by Gasteiger charge is 2.15. The Kier molecular flexibility index (Phi) is 11.2. The Balaban J connectivity index is 1.84. The zero-order valence-electron chi connectivity index (χ0n) is 13.9. The summed E-state index contributed by atoms with van der Waals surface area (Å²) < 4.78 is 0. The summed E-state index contributed by atoms with van der Waals surface area (Å²) in [6.45, 7) is 5.37. The highest BCUT2D eigenvalue weighted by Crippen LogP contribution is 2.14. The van der Waals surface area contributed by atoms with Gasteiger partial charge in [0.25, 0.3) is 0 Å². The second-order valence-corrected chi connectivity index (χ2v) is 7.22. The molecule has 1 saturated heterocycles. The Hall–Kier alpha value is -0.770. The smallest absolute Gasteiger partial charge is 0.222 e. The van der Waals surface area contributed by atoms with Crippen LogP contribution in [0.5, 0.6) is 0 Å². The van der Waals surface area contributed by atoms with Crippen LogP contribution in [0, 0.1) is 0 Å². The maximum atomic E-state index is 12.0. The van der Waals surface area contributed by atoms with Crippen molar-refractivity contribution in [1.29, 1.82) is 0 Å². The van der Waals surface area contributed by atoms with Gasteiger partial charge in [-0.2, -0.15) is 11.8 Å². The topological polar surface area (TPSA) is 37.4 Å². The van der Waals surface area contributed by atoms with Crippen molar-refractivity contribution in [2.75, 3.05) is 24.6 Å². The van der Waals surface area contributed by atoms with E-state index in [2.05, 4.69) is 6.58 Å². The van der Waals surface area contributed by atoms with Gasteiger partial charge in [0.15, 0.2) is 5.78 Å². The van der Waals surface area contributed by atoms with E-state index in [1.807, 2.05) is 16.7 Å². The number of nitrogens with zero attached hydrogens (tertiary/aromatic N) is 1. The lowest BCUT2D eigenvalue weighted by Gasteiger charge is -2.26. The minimum Gasteiger partial charge on any atom is -0.341 e. The van der Waals surface area contributed by atoms with E-state index in [1.54, 1.807) is 0 Å². The highest BCUT2D eigenvalue weighted by molar-refractivity contribution is 7.99. The number of thioether (sulfide) groups is 1. The van der Waals surface area contributed by atoms with Gasteiger partial charge in [-0.25, -0.2) is 0 Å². The van der Waals surface area contributed by atoms with Gasteiger partial charge in [0.1, 0.15) is 0 Å². The summed E-state index contributed by atoms with van der Waals surface area (Å²) in [6, 6.07) is 0. The zero-order chi connectivity index (χ0) is 16.0. The number of unbranched alkanes of at least 4 members (excludes halogenated alkanes) is 7. The van der Waals surface area contributed by atoms with E-state index in [0.717, 1.165) is 50.3 Å². The van der Waals surface area contributed by atoms with Crippen molar-refractivity contribution in [3.05, 3.63) is 12.7 Å². The van der Waals surface area contributed by atoms with E-state index in [0.29, 0.717) is 12.3 Å². The van der Waals surface area contributed by atoms with Gasteiger partial charge in [-0.1, -0.05) is 45.1 Å². The molecule has 4 heteroatoms. The van der Waals surface area contributed by atoms with Gasteiger partial charge in [0.2, 0.25) is 5.91 Å². The standard InChI is InChI=1S/C18H31NO2S/c1-2-17(20)11-9-7-5-3-4-6-8-10-12-18(21)19-13-15-22-16-14-19/h2H,1,3-16H2. The molecule has 3 nitrogen and oxygen atoms in total. The molecule has 1 aliphatic heterocycles. The molecule has 22 heavy (non-hydrogen) atoms. The SMILES string of the molecule is C=CC(=O)CCCCCCCCCCC(=O)N1CCSCC1. The molecular weight excluding hydrogens is 294 g/mol. The molecule has 0 saturated carbocycles. The molecule has 0 radical (unpaired) electrons. The second-order valence-electron chi connectivity index (χ2n) is 5.99. The average molecular weight is 326 g/mol. The van der Waals surface area contributed by atoms with Crippen LogP contribution in [0.3, 0.4) is 0 Å². The van der Waals surface area contributed by atoms with Crippen LogP contribution in [0.4, 0.5) is 0 Å². The second kappa shape index (κ2) is 12.7. The van der Waals surface area contributed by atoms with E-state index in [-0.39, 0.29) is 5.78 Å². The van der Waals surface area contributed by atoms with Crippen LogP contribution in [0.25, 0.3) is 0 Å². The summed E-state index contributed by atoms with van der Waals surface area (Å²) in [5.41, 5.74) is 0. The number of carbonyl (C=O) groups is 2. The van der Waals surface area contributed by atoms with Crippen LogP contribution >= 0.6 is 11.8 Å². The zero-order valence-corrected chi connectivity index (χ0v) is 14.7. The first-order valence-electron chi connectivity index (χ1n) is 8.75. The molecule has 0 aliphatic carbocycles. The molecule has 0 N–H and O–H groups in total. The van der Waals surface area contributed by atoms with Gasteiger partial charge in [-0.3, -0.25) is 9.59 Å². The number of hydrogen-bond acceptors (Lipinski definition) is 3. The number of ketones is 1. The van der Waals surface area contributed by atoms with Crippen LogP contribution in [-0.4, -0.2) is 41.2 Å². The van der Waals surface area contributed by atoms with E-state index >= 15 is 0 Å². The minimum absolute atomic E-state index is 0.164. The van der Waals surface area contributed by atoms with Gasteiger partial charge in [0.05, 0.1) is 0 Å². The molecule has 1 amide bonds. The summed E-state index contributed by atoms with van der Waals surface area (Å²) in [6.07, 6.45) is 12.1. The Morgan fingerprint density at radius 1 is 0.864 bits per heavy atom. The van der Waals surface area contributed by atoms with Crippen molar-refractivity contribution in [2.45, 2.75) is 64.2 Å². The lowest BCUT2D eigenvalue weighted by atomic mass is 10.1. The van der Waals surface area contributed by atoms with E-state index in [1.165, 1.54) is 38.2 Å². The third-order valence-electron chi connectivity index (χ3n) is 4.16. The summed E-state index contributed by atoms with van der Waals surface area (Å²) in [4.78, 5) is 25.0. The largest absolute Gasteiger partial charge is 0.341 e. The third kappa shape index (κ3) is 9.29. The fourth-order valence-electron chi connectivity index (χ4n) is 2.71. The molecule has 0 aromatic rings. The molecule has 1 rings (SSSR count). The molecule has 0 aromatic carbocycles. The first-order valence-corrected chi connectivity index (χ1v) is 9.90. The molecule has 1 aliphatic rings. The van der Waals surface area contributed by atoms with Gasteiger partial charge in [0, 0.05) is 37.4 Å². The predicted octanol–water partition coefficient (Wildman–Crippen LogP) is 4.22. The maximum absolute atomic E-state index is 12.0. The van der Waals surface area contributed by atoms with Crippen molar-refractivity contribution in [3.63, 3.8) is 0 Å².